The zero-order valence-corrected chi connectivity index (χ0v) is 15.0. The number of aldehydes is 2. The Morgan fingerprint density at radius 3 is 2.35 bits per heavy atom. The van der Waals surface area contributed by atoms with Crippen molar-refractivity contribution in [2.45, 2.75) is 59.1 Å². The minimum Gasteiger partial charge on any atom is -0.444 e. The largest absolute Gasteiger partial charge is 0.444 e. The molecule has 1 heterocycles. The molecule has 0 N–H and O–H groups in total. The smallest absolute Gasteiger partial charge is 0.410 e. The van der Waals surface area contributed by atoms with Crippen molar-refractivity contribution in [2.75, 3.05) is 26.2 Å². The highest BCUT2D eigenvalue weighted by Crippen LogP contribution is 2.24. The van der Waals surface area contributed by atoms with Gasteiger partial charge in [-0.25, -0.2) is 4.79 Å². The first-order chi connectivity index (χ1) is 10.6. The molecule has 23 heavy (non-hydrogen) atoms. The Morgan fingerprint density at radius 2 is 1.83 bits per heavy atom. The minimum absolute atomic E-state index is 0.0409. The normalized spacial score (nSPS) is 20.2. The lowest BCUT2D eigenvalue weighted by atomic mass is 9.86. The second kappa shape index (κ2) is 7.90. The molecular weight excluding hydrogens is 296 g/mol. The fourth-order valence-electron chi connectivity index (χ4n) is 2.52. The topological polar surface area (TPSA) is 66.9 Å². The molecule has 1 saturated heterocycles. The van der Waals surface area contributed by atoms with E-state index < -0.39 is 17.7 Å². The number of carbonyl (C=O) groups excluding carboxylic acids is 3. The van der Waals surface area contributed by atoms with E-state index in [9.17, 15) is 14.4 Å². The Hall–Kier alpha value is -1.43. The molecule has 0 radical (unpaired) electrons. The van der Waals surface area contributed by atoms with Gasteiger partial charge in [0.2, 0.25) is 0 Å². The molecule has 1 rings (SSSR count). The van der Waals surface area contributed by atoms with Gasteiger partial charge in [0, 0.05) is 26.1 Å². The van der Waals surface area contributed by atoms with Crippen molar-refractivity contribution in [2.24, 2.45) is 5.41 Å². The number of rotatable bonds is 6. The first-order valence-electron chi connectivity index (χ1n) is 8.19. The highest BCUT2D eigenvalue weighted by atomic mass is 16.6. The van der Waals surface area contributed by atoms with Crippen molar-refractivity contribution in [1.29, 1.82) is 0 Å². The third-order valence-electron chi connectivity index (χ3n) is 4.03. The van der Waals surface area contributed by atoms with E-state index in [0.717, 1.165) is 25.5 Å². The van der Waals surface area contributed by atoms with E-state index in [-0.39, 0.29) is 5.41 Å². The lowest BCUT2D eigenvalue weighted by Crippen LogP contribution is -2.57. The summed E-state index contributed by atoms with van der Waals surface area (Å²) < 4.78 is 5.36. The second-order valence-electron chi connectivity index (χ2n) is 7.96. The molecule has 0 aromatic rings. The van der Waals surface area contributed by atoms with E-state index in [0.29, 0.717) is 26.1 Å². The molecule has 0 aliphatic carbocycles. The summed E-state index contributed by atoms with van der Waals surface area (Å²) in [5.41, 5.74) is -0.610. The van der Waals surface area contributed by atoms with Crippen molar-refractivity contribution in [3.8, 4) is 0 Å². The maximum Gasteiger partial charge on any atom is 0.410 e. The van der Waals surface area contributed by atoms with Crippen LogP contribution in [0.3, 0.4) is 0 Å². The van der Waals surface area contributed by atoms with Crippen LogP contribution in [0.15, 0.2) is 0 Å². The van der Waals surface area contributed by atoms with Gasteiger partial charge >= 0.3 is 6.09 Å². The molecule has 1 amide bonds. The third kappa shape index (κ3) is 6.69. The number of carbonyl (C=O) groups is 3. The van der Waals surface area contributed by atoms with Gasteiger partial charge in [-0.05, 0) is 39.2 Å². The maximum atomic E-state index is 12.2. The van der Waals surface area contributed by atoms with Crippen LogP contribution in [0.5, 0.6) is 0 Å². The highest BCUT2D eigenvalue weighted by molar-refractivity contribution is 5.74. The van der Waals surface area contributed by atoms with Crippen LogP contribution in [-0.4, -0.2) is 66.3 Å². The van der Waals surface area contributed by atoms with Gasteiger partial charge in [0.25, 0.3) is 0 Å². The summed E-state index contributed by atoms with van der Waals surface area (Å²) in [5.74, 6) is 0. The minimum atomic E-state index is -0.569. The van der Waals surface area contributed by atoms with E-state index in [1.165, 1.54) is 4.90 Å². The van der Waals surface area contributed by atoms with Crippen molar-refractivity contribution < 1.29 is 19.1 Å². The average Bonchev–Trinajstić information content (AvgIpc) is 2.43. The van der Waals surface area contributed by atoms with E-state index >= 15 is 0 Å². The number of amides is 1. The average molecular weight is 326 g/mol. The zero-order chi connectivity index (χ0) is 17.7. The van der Waals surface area contributed by atoms with Crippen LogP contribution in [0.1, 0.15) is 47.5 Å². The molecule has 0 saturated carbocycles. The van der Waals surface area contributed by atoms with E-state index in [4.69, 9.17) is 4.74 Å². The molecule has 6 nitrogen and oxygen atoms in total. The maximum absolute atomic E-state index is 12.2. The lowest BCUT2D eigenvalue weighted by Gasteiger charge is -2.40. The van der Waals surface area contributed by atoms with Crippen LogP contribution < -0.4 is 0 Å². The predicted molar refractivity (Wildman–Crippen MR) is 88.3 cm³/mol. The number of ether oxygens (including phenoxy) is 1. The van der Waals surface area contributed by atoms with Crippen LogP contribution >= 0.6 is 0 Å². The van der Waals surface area contributed by atoms with Gasteiger partial charge in [-0.3, -0.25) is 9.80 Å². The Morgan fingerprint density at radius 1 is 1.17 bits per heavy atom. The van der Waals surface area contributed by atoms with Gasteiger partial charge in [0.1, 0.15) is 24.2 Å². The Balaban J connectivity index is 2.57. The predicted octanol–water partition coefficient (Wildman–Crippen LogP) is 2.11. The van der Waals surface area contributed by atoms with Crippen molar-refractivity contribution in [1.82, 2.24) is 9.80 Å². The van der Waals surface area contributed by atoms with E-state index in [2.05, 4.69) is 18.7 Å². The zero-order valence-electron chi connectivity index (χ0n) is 15.0. The van der Waals surface area contributed by atoms with Gasteiger partial charge in [0.15, 0.2) is 0 Å². The van der Waals surface area contributed by atoms with Gasteiger partial charge in [-0.2, -0.15) is 0 Å². The van der Waals surface area contributed by atoms with Gasteiger partial charge in [-0.15, -0.1) is 0 Å². The fraction of sp³-hybridized carbons (Fsp3) is 0.824. The lowest BCUT2D eigenvalue weighted by molar-refractivity contribution is -0.114. The molecule has 0 bridgehead atoms. The molecule has 1 atom stereocenters. The molecule has 0 aromatic carbocycles. The van der Waals surface area contributed by atoms with Crippen LogP contribution in [0.4, 0.5) is 4.79 Å². The van der Waals surface area contributed by atoms with Gasteiger partial charge < -0.3 is 14.3 Å². The fourth-order valence-corrected chi connectivity index (χ4v) is 2.52. The molecule has 6 heteroatoms. The monoisotopic (exact) mass is 326 g/mol. The summed E-state index contributed by atoms with van der Waals surface area (Å²) in [6.07, 6.45) is 2.74. The molecule has 132 valence electrons. The standard InChI is InChI=1S/C17H30N2O4/c1-16(2,3)23-15(22)19-10-9-18(12-14(19)13-21)8-6-17(4,5)7-11-20/h11,13-14H,6-10,12H2,1-5H3. The van der Waals surface area contributed by atoms with Crippen LogP contribution in [-0.2, 0) is 14.3 Å². The van der Waals surface area contributed by atoms with E-state index in [1.54, 1.807) is 0 Å². The Labute approximate surface area is 139 Å². The summed E-state index contributed by atoms with van der Waals surface area (Å²) in [4.78, 5) is 37.9. The van der Waals surface area contributed by atoms with Crippen LogP contribution in [0.2, 0.25) is 0 Å². The summed E-state index contributed by atoms with van der Waals surface area (Å²) in [7, 11) is 0. The quantitative estimate of drug-likeness (QED) is 0.699. The van der Waals surface area contributed by atoms with Gasteiger partial charge in [0.05, 0.1) is 0 Å². The number of hydrogen-bond donors (Lipinski definition) is 0. The third-order valence-corrected chi connectivity index (χ3v) is 4.03. The summed E-state index contributed by atoms with van der Waals surface area (Å²) in [6.45, 7) is 12.1. The van der Waals surface area contributed by atoms with Crippen molar-refractivity contribution in [3.63, 3.8) is 0 Å². The highest BCUT2D eigenvalue weighted by Gasteiger charge is 2.33. The van der Waals surface area contributed by atoms with Gasteiger partial charge in [-0.1, -0.05) is 13.8 Å². The molecule has 0 spiro atoms. The molecular formula is C17H30N2O4. The summed E-state index contributed by atoms with van der Waals surface area (Å²) in [5, 5.41) is 0. The Kier molecular flexibility index (Phi) is 6.74. The van der Waals surface area contributed by atoms with Crippen LogP contribution in [0.25, 0.3) is 0 Å². The summed E-state index contributed by atoms with van der Waals surface area (Å²) >= 11 is 0. The number of hydrogen-bond acceptors (Lipinski definition) is 5. The Bertz CT molecular complexity index is 429. The van der Waals surface area contributed by atoms with Crippen LogP contribution in [0, 0.1) is 5.41 Å². The molecule has 1 unspecified atom stereocenters. The summed E-state index contributed by atoms with van der Waals surface area (Å²) in [6, 6.07) is -0.479. The molecule has 1 aliphatic rings. The van der Waals surface area contributed by atoms with Crippen molar-refractivity contribution in [3.05, 3.63) is 0 Å². The van der Waals surface area contributed by atoms with E-state index in [1.807, 2.05) is 20.8 Å². The first kappa shape index (κ1) is 19.6. The molecule has 0 aromatic heterocycles. The first-order valence-corrected chi connectivity index (χ1v) is 8.19. The molecule has 1 aliphatic heterocycles. The SMILES string of the molecule is CC(C)(CC=O)CCN1CCN(C(=O)OC(C)(C)C)C(C=O)C1. The second-order valence-corrected chi connectivity index (χ2v) is 7.96. The van der Waals surface area contributed by atoms with Crippen molar-refractivity contribution >= 4 is 18.7 Å². The molecule has 1 fully saturated rings. The number of piperazine rings is 1. The number of nitrogens with zero attached hydrogens (tertiary/aromatic N) is 2.